The molecule has 1 aromatic carbocycles. The van der Waals surface area contributed by atoms with Crippen molar-refractivity contribution in [2.45, 2.75) is 88.8 Å². The molecule has 0 unspecified atom stereocenters. The zero-order valence-electron chi connectivity index (χ0n) is 22.8. The highest BCUT2D eigenvalue weighted by Gasteiger charge is 2.54. The maximum absolute atomic E-state index is 13.5. The highest BCUT2D eigenvalue weighted by Crippen LogP contribution is 2.46. The number of hydrogen-bond acceptors (Lipinski definition) is 5. The fraction of sp³-hybridized carbons (Fsp3) is 0.704. The normalized spacial score (nSPS) is 25.4. The number of nitrogens with one attached hydrogen (secondary N) is 1. The molecule has 0 aromatic heterocycles. The minimum atomic E-state index is -1.23. The van der Waals surface area contributed by atoms with E-state index in [4.69, 9.17) is 9.47 Å². The van der Waals surface area contributed by atoms with Crippen LogP contribution in [0.4, 0.5) is 4.79 Å². The molecule has 1 spiro atoms. The van der Waals surface area contributed by atoms with Crippen LogP contribution in [0, 0.1) is 0 Å². The number of esters is 1. The maximum atomic E-state index is 13.5. The summed E-state index contributed by atoms with van der Waals surface area (Å²) in [4.78, 5) is 29.7. The molecular weight excluding hydrogens is 458 g/mol. The van der Waals surface area contributed by atoms with Gasteiger partial charge in [-0.05, 0) is 65.1 Å². The van der Waals surface area contributed by atoms with Gasteiger partial charge in [0.05, 0.1) is 5.54 Å². The fourth-order valence-electron chi connectivity index (χ4n) is 5.27. The van der Waals surface area contributed by atoms with Crippen LogP contribution in [0.15, 0.2) is 30.3 Å². The number of carbonyl (C=O) groups excluding carboxylic acids is 2. The molecule has 1 aliphatic heterocycles. The molecule has 8 heteroatoms. The van der Waals surface area contributed by atoms with Gasteiger partial charge in [-0.15, -0.1) is 0 Å². The standard InChI is InChI=1S/C27H45N3O4Si/c1-25(2,3)34-23(31)19-29-20-26(30(24(29)32)21-33-17-18-35(5,6)7)13-15-27(28-4,16-14-26)22-11-9-8-10-12-22/h8-12,28H,13-21H2,1-7H3/t26-,27+. The monoisotopic (exact) mass is 503 g/mol. The van der Waals surface area contributed by atoms with Gasteiger partial charge in [0.25, 0.3) is 0 Å². The van der Waals surface area contributed by atoms with E-state index >= 15 is 0 Å². The summed E-state index contributed by atoms with van der Waals surface area (Å²) < 4.78 is 11.6. The van der Waals surface area contributed by atoms with Crippen molar-refractivity contribution < 1.29 is 19.1 Å². The average molecular weight is 504 g/mol. The Balaban J connectivity index is 1.77. The van der Waals surface area contributed by atoms with E-state index in [1.165, 1.54) is 5.56 Å². The lowest BCUT2D eigenvalue weighted by atomic mass is 9.69. The Morgan fingerprint density at radius 3 is 2.26 bits per heavy atom. The highest BCUT2D eigenvalue weighted by atomic mass is 28.3. The third-order valence-corrected chi connectivity index (χ3v) is 9.06. The van der Waals surface area contributed by atoms with Crippen molar-refractivity contribution in [3.05, 3.63) is 35.9 Å². The second kappa shape index (κ2) is 10.6. The van der Waals surface area contributed by atoms with Crippen LogP contribution in [-0.4, -0.2) is 74.5 Å². The smallest absolute Gasteiger partial charge is 0.326 e. The van der Waals surface area contributed by atoms with E-state index in [1.54, 1.807) is 4.90 Å². The molecule has 3 rings (SSSR count). The van der Waals surface area contributed by atoms with E-state index < -0.39 is 13.7 Å². The molecule has 1 heterocycles. The van der Waals surface area contributed by atoms with Crippen molar-refractivity contribution >= 4 is 20.1 Å². The predicted octanol–water partition coefficient (Wildman–Crippen LogP) is 4.81. The Bertz CT molecular complexity index is 871. The molecule has 196 valence electrons. The van der Waals surface area contributed by atoms with E-state index in [0.29, 0.717) is 13.2 Å². The third-order valence-electron chi connectivity index (χ3n) is 7.36. The Labute approximate surface area is 212 Å². The molecular formula is C27H45N3O4Si. The summed E-state index contributed by atoms with van der Waals surface area (Å²) in [6.07, 6.45) is 3.51. The quantitative estimate of drug-likeness (QED) is 0.298. The van der Waals surface area contributed by atoms with E-state index in [-0.39, 0.29) is 36.4 Å². The number of amides is 2. The van der Waals surface area contributed by atoms with Gasteiger partial charge in [0.1, 0.15) is 18.9 Å². The van der Waals surface area contributed by atoms with Gasteiger partial charge in [0, 0.05) is 26.8 Å². The fourth-order valence-corrected chi connectivity index (χ4v) is 6.03. The van der Waals surface area contributed by atoms with Crippen molar-refractivity contribution in [1.82, 2.24) is 15.1 Å². The van der Waals surface area contributed by atoms with Gasteiger partial charge in [-0.25, -0.2) is 4.79 Å². The van der Waals surface area contributed by atoms with Crippen LogP contribution in [0.3, 0.4) is 0 Å². The number of carbonyl (C=O) groups is 2. The van der Waals surface area contributed by atoms with Crippen LogP contribution in [0.1, 0.15) is 52.0 Å². The first-order valence-corrected chi connectivity index (χ1v) is 16.6. The molecule has 1 aliphatic carbocycles. The Kier molecular flexibility index (Phi) is 8.39. The SMILES string of the molecule is CN[C@]1(c2ccccc2)CC[C@]2(CC1)CN(CC(=O)OC(C)(C)C)C(=O)N2COCC[Si](C)(C)C. The lowest BCUT2D eigenvalue weighted by Gasteiger charge is -2.48. The number of ether oxygens (including phenoxy) is 2. The van der Waals surface area contributed by atoms with Gasteiger partial charge in [0.15, 0.2) is 0 Å². The first-order valence-electron chi connectivity index (χ1n) is 12.9. The number of benzene rings is 1. The van der Waals surface area contributed by atoms with Gasteiger partial charge in [-0.1, -0.05) is 50.0 Å². The van der Waals surface area contributed by atoms with Crippen LogP contribution in [0.5, 0.6) is 0 Å². The van der Waals surface area contributed by atoms with Crippen molar-refractivity contribution in [2.75, 3.05) is 33.5 Å². The molecule has 0 radical (unpaired) electrons. The molecule has 2 fully saturated rings. The molecule has 7 nitrogen and oxygen atoms in total. The summed E-state index contributed by atoms with van der Waals surface area (Å²) in [6.45, 7) is 13.9. The third kappa shape index (κ3) is 6.86. The number of rotatable bonds is 9. The molecule has 1 saturated carbocycles. The molecule has 1 saturated heterocycles. The summed E-state index contributed by atoms with van der Waals surface area (Å²) in [5.74, 6) is -0.368. The van der Waals surface area contributed by atoms with Crippen LogP contribution < -0.4 is 5.32 Å². The minimum absolute atomic E-state index is 0.0287. The summed E-state index contributed by atoms with van der Waals surface area (Å²) in [5, 5.41) is 3.59. The van der Waals surface area contributed by atoms with Gasteiger partial charge in [-0.2, -0.15) is 0 Å². The Morgan fingerprint density at radius 2 is 1.71 bits per heavy atom. The summed E-state index contributed by atoms with van der Waals surface area (Å²) >= 11 is 0. The number of nitrogens with zero attached hydrogens (tertiary/aromatic N) is 2. The van der Waals surface area contributed by atoms with Crippen LogP contribution in [-0.2, 0) is 19.8 Å². The van der Waals surface area contributed by atoms with Gasteiger partial charge >= 0.3 is 12.0 Å². The first-order chi connectivity index (χ1) is 16.3. The highest BCUT2D eigenvalue weighted by molar-refractivity contribution is 6.76. The van der Waals surface area contributed by atoms with Crippen molar-refractivity contribution in [2.24, 2.45) is 0 Å². The van der Waals surface area contributed by atoms with E-state index in [1.807, 2.05) is 38.8 Å². The summed E-state index contributed by atoms with van der Waals surface area (Å²) in [5.41, 5.74) is 0.251. The molecule has 0 atom stereocenters. The zero-order valence-corrected chi connectivity index (χ0v) is 23.8. The van der Waals surface area contributed by atoms with E-state index in [2.05, 4.69) is 49.2 Å². The van der Waals surface area contributed by atoms with Gasteiger partial charge < -0.3 is 19.7 Å². The summed E-state index contributed by atoms with van der Waals surface area (Å²) in [6, 6.07) is 11.5. The topological polar surface area (TPSA) is 71.1 Å². The van der Waals surface area contributed by atoms with Crippen LogP contribution >= 0.6 is 0 Å². The number of urea groups is 1. The lowest BCUT2D eigenvalue weighted by Crippen LogP contribution is -2.55. The minimum Gasteiger partial charge on any atom is -0.459 e. The second-order valence-electron chi connectivity index (χ2n) is 12.4. The zero-order chi connectivity index (χ0) is 25.9. The number of hydrogen-bond donors (Lipinski definition) is 1. The van der Waals surface area contributed by atoms with Gasteiger partial charge in [-0.3, -0.25) is 9.69 Å². The second-order valence-corrected chi connectivity index (χ2v) is 18.0. The van der Waals surface area contributed by atoms with Crippen molar-refractivity contribution in [1.29, 1.82) is 0 Å². The predicted molar refractivity (Wildman–Crippen MR) is 142 cm³/mol. The maximum Gasteiger partial charge on any atom is 0.326 e. The van der Waals surface area contributed by atoms with Crippen molar-refractivity contribution in [3.8, 4) is 0 Å². The lowest BCUT2D eigenvalue weighted by molar-refractivity contribution is -0.155. The van der Waals surface area contributed by atoms with Crippen LogP contribution in [0.25, 0.3) is 0 Å². The molecule has 35 heavy (non-hydrogen) atoms. The van der Waals surface area contributed by atoms with Crippen molar-refractivity contribution in [3.63, 3.8) is 0 Å². The summed E-state index contributed by atoms with van der Waals surface area (Å²) in [7, 11) is 0.798. The molecule has 2 amide bonds. The molecule has 1 N–H and O–H groups in total. The first kappa shape index (κ1) is 27.7. The largest absolute Gasteiger partial charge is 0.459 e. The van der Waals surface area contributed by atoms with E-state index in [9.17, 15) is 9.59 Å². The Hall–Kier alpha value is -1.90. The molecule has 0 bridgehead atoms. The average Bonchev–Trinajstić information content (AvgIpc) is 3.01. The molecule has 2 aliphatic rings. The Morgan fingerprint density at radius 1 is 1.09 bits per heavy atom. The molecule has 1 aromatic rings. The van der Waals surface area contributed by atoms with Crippen LogP contribution in [0.2, 0.25) is 25.7 Å². The van der Waals surface area contributed by atoms with Gasteiger partial charge in [0.2, 0.25) is 0 Å². The van der Waals surface area contributed by atoms with E-state index in [0.717, 1.165) is 31.7 Å².